The molecule has 3 aromatic heterocycles. The minimum absolute atomic E-state index is 0.0741. The zero-order valence-corrected chi connectivity index (χ0v) is 24.1. The number of benzene rings is 2. The molecule has 18 heteroatoms. The lowest BCUT2D eigenvalue weighted by atomic mass is 10.0. The number of fused-ring (bicyclic) bond motifs is 2. The number of aryl methyl sites for hydroxylation is 1. The Morgan fingerprint density at radius 3 is 2.76 bits per heavy atom. The molecule has 6 aromatic rings. The zero-order chi connectivity index (χ0) is 32.1. The van der Waals surface area contributed by atoms with Crippen LogP contribution in [-0.4, -0.2) is 47.0 Å². The van der Waals surface area contributed by atoms with Crippen molar-refractivity contribution in [2.45, 2.75) is 25.4 Å². The van der Waals surface area contributed by atoms with Crippen molar-refractivity contribution in [3.63, 3.8) is 0 Å². The Kier molecular flexibility index (Phi) is 6.88. The number of rotatable bonds is 8. The number of nitrogen functional groups attached to an aromatic ring is 1. The lowest BCUT2D eigenvalue weighted by Gasteiger charge is -2.15. The van der Waals surface area contributed by atoms with Gasteiger partial charge in [0.2, 0.25) is 5.82 Å². The summed E-state index contributed by atoms with van der Waals surface area (Å²) in [7, 11) is 0. The number of carbonyl (C=O) groups is 2. The molecule has 16 nitrogen and oxygen atoms in total. The summed E-state index contributed by atoms with van der Waals surface area (Å²) in [4.78, 5) is 54.0. The third-order valence-electron chi connectivity index (χ3n) is 7.61. The van der Waals surface area contributed by atoms with Gasteiger partial charge in [-0.1, -0.05) is 18.2 Å². The first kappa shape index (κ1) is 28.6. The van der Waals surface area contributed by atoms with E-state index in [1.54, 1.807) is 0 Å². The second-order valence-electron chi connectivity index (χ2n) is 10.4. The van der Waals surface area contributed by atoms with Crippen LogP contribution in [0.2, 0.25) is 0 Å². The van der Waals surface area contributed by atoms with Crippen LogP contribution in [0, 0.1) is 10.7 Å². The van der Waals surface area contributed by atoms with Crippen molar-refractivity contribution in [1.29, 1.82) is 0 Å². The van der Waals surface area contributed by atoms with Crippen LogP contribution >= 0.6 is 12.2 Å². The summed E-state index contributed by atoms with van der Waals surface area (Å²) in [6, 6.07) is 10.6. The van der Waals surface area contributed by atoms with E-state index in [0.29, 0.717) is 24.2 Å². The second-order valence-corrected chi connectivity index (χ2v) is 10.7. The minimum Gasteiger partial charge on any atom is -0.394 e. The van der Waals surface area contributed by atoms with Gasteiger partial charge in [0, 0.05) is 12.1 Å². The Balaban J connectivity index is 1.09. The summed E-state index contributed by atoms with van der Waals surface area (Å²) in [5.41, 5.74) is 6.26. The van der Waals surface area contributed by atoms with E-state index < -0.39 is 28.5 Å². The number of nitrogens with one attached hydrogen (secondary N) is 4. The predicted octanol–water partition coefficient (Wildman–Crippen LogP) is 1.64. The average Bonchev–Trinajstić information content (AvgIpc) is 3.83. The molecule has 230 valence electrons. The summed E-state index contributed by atoms with van der Waals surface area (Å²) < 4.78 is 20.6. The van der Waals surface area contributed by atoms with Crippen LogP contribution in [0.1, 0.15) is 50.1 Å². The Morgan fingerprint density at radius 2 is 1.98 bits per heavy atom. The monoisotopic (exact) mass is 641 g/mol. The fourth-order valence-electron chi connectivity index (χ4n) is 5.28. The lowest BCUT2D eigenvalue weighted by Crippen LogP contribution is -2.36. The summed E-state index contributed by atoms with van der Waals surface area (Å²) in [6.45, 7) is -0.0934. The molecule has 6 N–H and O–H groups in total. The smallest absolute Gasteiger partial charge is 0.303 e. The Hall–Kier alpha value is -6.17. The maximum atomic E-state index is 14.4. The first-order chi connectivity index (χ1) is 22.2. The number of nitrogens with zero attached hydrogens (tertiary/aromatic N) is 6. The van der Waals surface area contributed by atoms with Gasteiger partial charge in [-0.2, -0.15) is 5.21 Å². The molecule has 0 bridgehead atoms. The zero-order valence-electron chi connectivity index (χ0n) is 23.3. The van der Waals surface area contributed by atoms with Gasteiger partial charge in [0.1, 0.15) is 28.6 Å². The number of aromatic amines is 1. The highest BCUT2D eigenvalue weighted by Crippen LogP contribution is 2.33. The molecule has 0 saturated carbocycles. The van der Waals surface area contributed by atoms with Crippen LogP contribution < -0.4 is 32.5 Å². The lowest BCUT2D eigenvalue weighted by molar-refractivity contribution is 0.0931. The van der Waals surface area contributed by atoms with Gasteiger partial charge in [0.25, 0.3) is 28.4 Å². The van der Waals surface area contributed by atoms with Crippen LogP contribution in [0.3, 0.4) is 0 Å². The van der Waals surface area contributed by atoms with Crippen molar-refractivity contribution in [1.82, 2.24) is 45.8 Å². The van der Waals surface area contributed by atoms with Crippen LogP contribution in [0.25, 0.3) is 17.2 Å². The van der Waals surface area contributed by atoms with Gasteiger partial charge in [0.05, 0.1) is 11.7 Å². The number of halogens is 1. The Bertz CT molecular complexity index is 2330. The van der Waals surface area contributed by atoms with Gasteiger partial charge >= 0.3 is 4.84 Å². The Morgan fingerprint density at radius 1 is 1.13 bits per heavy atom. The summed E-state index contributed by atoms with van der Waals surface area (Å²) in [5.74, 6) is -1.55. The highest BCUT2D eigenvalue weighted by Gasteiger charge is 2.27. The molecule has 7 rings (SSSR count). The molecule has 0 saturated heterocycles. The molecule has 0 unspecified atom stereocenters. The van der Waals surface area contributed by atoms with E-state index in [1.807, 2.05) is 18.2 Å². The SMILES string of the molecule is Nc1c(Nc2cc(CNC(=O)c3cc(C(=O)N[C@H]4CCc5cc(-c6nn[nH]n6)ccc54)nc4noc(=S)n34)ccc2F)c(=O)c1=O. The van der Waals surface area contributed by atoms with Crippen molar-refractivity contribution in [3.8, 4) is 11.4 Å². The number of tetrazole rings is 1. The molecule has 3 heterocycles. The molecular weight excluding hydrogens is 621 g/mol. The number of anilines is 3. The molecular formula is C28H20FN11O5S. The highest BCUT2D eigenvalue weighted by atomic mass is 32.1. The maximum absolute atomic E-state index is 14.4. The van der Waals surface area contributed by atoms with Crippen LogP contribution in [0.15, 0.2) is 56.6 Å². The first-order valence-electron chi connectivity index (χ1n) is 13.7. The molecule has 0 radical (unpaired) electrons. The minimum atomic E-state index is -0.852. The van der Waals surface area contributed by atoms with Crippen molar-refractivity contribution in [2.75, 3.05) is 11.1 Å². The highest BCUT2D eigenvalue weighted by molar-refractivity contribution is 7.71. The van der Waals surface area contributed by atoms with E-state index in [2.05, 4.69) is 46.7 Å². The third-order valence-corrected chi connectivity index (χ3v) is 7.87. The van der Waals surface area contributed by atoms with Crippen molar-refractivity contribution >= 4 is 46.9 Å². The summed E-state index contributed by atoms with van der Waals surface area (Å²) >= 11 is 5.18. The maximum Gasteiger partial charge on any atom is 0.303 e. The molecule has 0 fully saturated rings. The molecule has 1 aliphatic rings. The number of H-pyrrole nitrogens is 1. The quantitative estimate of drug-likeness (QED) is 0.118. The number of carbonyl (C=O) groups excluding carboxylic acids is 2. The number of hydrogen-bond acceptors (Lipinski definition) is 13. The van der Waals surface area contributed by atoms with Crippen LogP contribution in [0.4, 0.5) is 21.5 Å². The average molecular weight is 642 g/mol. The predicted molar refractivity (Wildman–Crippen MR) is 161 cm³/mol. The number of nitrogens with two attached hydrogens (primary N) is 1. The fraction of sp³-hybridized carbons (Fsp3) is 0.143. The molecule has 46 heavy (non-hydrogen) atoms. The second kappa shape index (κ2) is 11.1. The molecule has 2 amide bonds. The van der Waals surface area contributed by atoms with Gasteiger partial charge in [-0.3, -0.25) is 19.2 Å². The molecule has 1 aliphatic carbocycles. The van der Waals surface area contributed by atoms with Crippen molar-refractivity contribution in [3.05, 3.63) is 102 Å². The largest absolute Gasteiger partial charge is 0.394 e. The number of aromatic nitrogens is 7. The van der Waals surface area contributed by atoms with Crippen molar-refractivity contribution < 1.29 is 18.5 Å². The summed E-state index contributed by atoms with van der Waals surface area (Å²) in [5, 5.41) is 26.0. The molecule has 0 spiro atoms. The van der Waals surface area contributed by atoms with Gasteiger partial charge in [0.15, 0.2) is 0 Å². The van der Waals surface area contributed by atoms with Gasteiger partial charge < -0.3 is 26.2 Å². The van der Waals surface area contributed by atoms with E-state index >= 15 is 0 Å². The number of amides is 2. The van der Waals surface area contributed by atoms with Crippen LogP contribution in [-0.2, 0) is 13.0 Å². The van der Waals surface area contributed by atoms with E-state index in [-0.39, 0.29) is 51.7 Å². The first-order valence-corrected chi connectivity index (χ1v) is 14.1. The van der Waals surface area contributed by atoms with Gasteiger partial charge in [-0.25, -0.2) is 13.8 Å². The standard InChI is InChI=1S/C28H20FN11O5S/c29-15-5-1-11(7-17(15)32-21-20(30)22(41)23(21)42)10-31-26(44)19-9-18(34-27-37-45-28(46)40(19)27)25(43)33-16-6-3-12-8-13(2-4-14(12)16)24-35-38-39-36-24/h1-2,4-5,7-9,16,32H,3,6,10,30H2,(H,31,44)(H,33,43)(H,35,36,38,39)/t16-/m0/s1. The normalized spacial score (nSPS) is 14.0. The molecule has 0 aliphatic heterocycles. The van der Waals surface area contributed by atoms with Crippen molar-refractivity contribution in [2.24, 2.45) is 0 Å². The van der Waals surface area contributed by atoms with Crippen LogP contribution in [0.5, 0.6) is 0 Å². The fourth-order valence-corrected chi connectivity index (χ4v) is 5.50. The molecule has 1 atom stereocenters. The van der Waals surface area contributed by atoms with E-state index in [4.69, 9.17) is 22.5 Å². The van der Waals surface area contributed by atoms with E-state index in [1.165, 1.54) is 22.6 Å². The Labute approximate surface area is 260 Å². The summed E-state index contributed by atoms with van der Waals surface area (Å²) in [6.07, 6.45) is 1.36. The van der Waals surface area contributed by atoms with E-state index in [0.717, 1.165) is 22.8 Å². The third kappa shape index (κ3) is 4.95. The molecule has 3 aromatic carbocycles. The number of hydrogen-bond donors (Lipinski definition) is 5. The van der Waals surface area contributed by atoms with E-state index in [9.17, 15) is 23.6 Å². The topological polar surface area (TPSA) is 228 Å². The van der Waals surface area contributed by atoms with Gasteiger partial charge in [-0.05, 0) is 76.4 Å². The van der Waals surface area contributed by atoms with Gasteiger partial charge in [-0.15, -0.1) is 10.2 Å².